The molecular formula is C20H22N2O3. The lowest BCUT2D eigenvalue weighted by atomic mass is 10.1. The van der Waals surface area contributed by atoms with E-state index in [0.717, 1.165) is 29.8 Å². The first-order valence-corrected chi connectivity index (χ1v) is 8.56. The van der Waals surface area contributed by atoms with Gasteiger partial charge in [-0.25, -0.2) is 4.79 Å². The third-order valence-corrected chi connectivity index (χ3v) is 4.07. The van der Waals surface area contributed by atoms with Gasteiger partial charge in [0.1, 0.15) is 0 Å². The van der Waals surface area contributed by atoms with Gasteiger partial charge < -0.3 is 15.4 Å². The van der Waals surface area contributed by atoms with Crippen molar-refractivity contribution in [2.75, 3.05) is 17.2 Å². The second-order valence-electron chi connectivity index (χ2n) is 6.08. The summed E-state index contributed by atoms with van der Waals surface area (Å²) in [6.45, 7) is 2.12. The van der Waals surface area contributed by atoms with Gasteiger partial charge in [0.15, 0.2) is 6.04 Å². The Hall–Kier alpha value is -2.82. The van der Waals surface area contributed by atoms with Gasteiger partial charge in [0, 0.05) is 17.3 Å². The predicted molar refractivity (Wildman–Crippen MR) is 97.2 cm³/mol. The smallest absolute Gasteiger partial charge is 0.333 e. The molecule has 1 amide bonds. The number of esters is 1. The van der Waals surface area contributed by atoms with Crippen molar-refractivity contribution in [3.8, 4) is 0 Å². The molecule has 0 spiro atoms. The van der Waals surface area contributed by atoms with Crippen molar-refractivity contribution in [2.24, 2.45) is 5.92 Å². The molecule has 0 aromatic heterocycles. The zero-order valence-corrected chi connectivity index (χ0v) is 14.2. The first-order chi connectivity index (χ1) is 12.2. The highest BCUT2D eigenvalue weighted by molar-refractivity contribution is 5.94. The van der Waals surface area contributed by atoms with Crippen LogP contribution >= 0.6 is 0 Å². The fourth-order valence-corrected chi connectivity index (χ4v) is 2.56. The van der Waals surface area contributed by atoms with E-state index in [2.05, 4.69) is 10.6 Å². The van der Waals surface area contributed by atoms with Crippen LogP contribution in [0.1, 0.15) is 31.4 Å². The molecule has 1 fully saturated rings. The van der Waals surface area contributed by atoms with Crippen LogP contribution in [0, 0.1) is 5.92 Å². The summed E-state index contributed by atoms with van der Waals surface area (Å²) in [5.74, 6) is -0.0710. The third kappa shape index (κ3) is 4.59. The number of anilines is 2. The summed E-state index contributed by atoms with van der Waals surface area (Å²) in [7, 11) is 0. The van der Waals surface area contributed by atoms with E-state index >= 15 is 0 Å². The first kappa shape index (κ1) is 17.0. The minimum absolute atomic E-state index is 0.0781. The number of hydrogen-bond donors (Lipinski definition) is 2. The van der Waals surface area contributed by atoms with E-state index in [0.29, 0.717) is 6.61 Å². The Bertz CT molecular complexity index is 724. The largest absolute Gasteiger partial charge is 0.464 e. The molecule has 0 bridgehead atoms. The molecule has 5 nitrogen and oxygen atoms in total. The SMILES string of the molecule is CCOC(=O)[C@H](Nc1ccc(NC(=O)C2CC2)cc1)c1ccccc1. The molecule has 0 heterocycles. The monoisotopic (exact) mass is 338 g/mol. The molecule has 5 heteroatoms. The summed E-state index contributed by atoms with van der Waals surface area (Å²) >= 11 is 0. The van der Waals surface area contributed by atoms with Crippen LogP contribution < -0.4 is 10.6 Å². The summed E-state index contributed by atoms with van der Waals surface area (Å²) in [5, 5.41) is 6.11. The quantitative estimate of drug-likeness (QED) is 0.755. The van der Waals surface area contributed by atoms with Gasteiger partial charge in [-0.1, -0.05) is 30.3 Å². The fraction of sp³-hybridized carbons (Fsp3) is 0.300. The van der Waals surface area contributed by atoms with Gasteiger partial charge in [0.2, 0.25) is 5.91 Å². The number of amides is 1. The van der Waals surface area contributed by atoms with Crippen LogP contribution in [0.15, 0.2) is 54.6 Å². The van der Waals surface area contributed by atoms with Crippen molar-refractivity contribution in [2.45, 2.75) is 25.8 Å². The maximum absolute atomic E-state index is 12.3. The van der Waals surface area contributed by atoms with Crippen molar-refractivity contribution in [3.05, 3.63) is 60.2 Å². The Labute approximate surface area is 147 Å². The summed E-state index contributed by atoms with van der Waals surface area (Å²) in [6.07, 6.45) is 1.95. The number of nitrogens with one attached hydrogen (secondary N) is 2. The lowest BCUT2D eigenvalue weighted by molar-refractivity contribution is -0.144. The Morgan fingerprint density at radius 3 is 2.28 bits per heavy atom. The second-order valence-corrected chi connectivity index (χ2v) is 6.08. The molecule has 1 atom stereocenters. The molecule has 0 saturated heterocycles. The van der Waals surface area contributed by atoms with Gasteiger partial charge in [0.25, 0.3) is 0 Å². The molecule has 2 N–H and O–H groups in total. The number of benzene rings is 2. The van der Waals surface area contributed by atoms with Gasteiger partial charge in [-0.05, 0) is 49.6 Å². The zero-order valence-electron chi connectivity index (χ0n) is 14.2. The molecule has 0 unspecified atom stereocenters. The van der Waals surface area contributed by atoms with E-state index in [9.17, 15) is 9.59 Å². The minimum Gasteiger partial charge on any atom is -0.464 e. The van der Waals surface area contributed by atoms with Gasteiger partial charge >= 0.3 is 5.97 Å². The lowest BCUT2D eigenvalue weighted by Gasteiger charge is -2.19. The van der Waals surface area contributed by atoms with E-state index in [1.54, 1.807) is 6.92 Å². The summed E-state index contributed by atoms with van der Waals surface area (Å²) in [6, 6.07) is 16.2. The molecule has 3 rings (SSSR count). The molecular weight excluding hydrogens is 316 g/mol. The average Bonchev–Trinajstić information content (AvgIpc) is 3.47. The Kier molecular flexibility index (Phi) is 5.33. The molecule has 2 aromatic carbocycles. The van der Waals surface area contributed by atoms with Crippen molar-refractivity contribution in [1.29, 1.82) is 0 Å². The molecule has 25 heavy (non-hydrogen) atoms. The van der Waals surface area contributed by atoms with Crippen molar-refractivity contribution in [1.82, 2.24) is 0 Å². The number of rotatable bonds is 7. The number of hydrogen-bond acceptors (Lipinski definition) is 4. The molecule has 1 aliphatic carbocycles. The van der Waals surface area contributed by atoms with E-state index in [1.165, 1.54) is 0 Å². The Balaban J connectivity index is 1.70. The molecule has 0 radical (unpaired) electrons. The fourth-order valence-electron chi connectivity index (χ4n) is 2.56. The van der Waals surface area contributed by atoms with E-state index in [-0.39, 0.29) is 17.8 Å². The van der Waals surface area contributed by atoms with Crippen molar-refractivity contribution < 1.29 is 14.3 Å². The van der Waals surface area contributed by atoms with Gasteiger partial charge in [0.05, 0.1) is 6.61 Å². The normalized spacial score (nSPS) is 14.4. The van der Waals surface area contributed by atoms with Crippen LogP contribution in [0.5, 0.6) is 0 Å². The van der Waals surface area contributed by atoms with Crippen LogP contribution in [0.25, 0.3) is 0 Å². The number of carbonyl (C=O) groups excluding carboxylic acids is 2. The highest BCUT2D eigenvalue weighted by Gasteiger charge is 2.29. The minimum atomic E-state index is -0.576. The molecule has 2 aromatic rings. The molecule has 0 aliphatic heterocycles. The zero-order chi connectivity index (χ0) is 17.6. The highest BCUT2D eigenvalue weighted by atomic mass is 16.5. The number of ether oxygens (including phenoxy) is 1. The van der Waals surface area contributed by atoms with Crippen LogP contribution in [-0.2, 0) is 14.3 Å². The van der Waals surface area contributed by atoms with Crippen molar-refractivity contribution >= 4 is 23.3 Å². The summed E-state index contributed by atoms with van der Waals surface area (Å²) in [5.41, 5.74) is 2.38. The maximum Gasteiger partial charge on any atom is 0.333 e. The van der Waals surface area contributed by atoms with E-state index < -0.39 is 6.04 Å². The number of carbonyl (C=O) groups is 2. The summed E-state index contributed by atoms with van der Waals surface area (Å²) in [4.78, 5) is 24.1. The van der Waals surface area contributed by atoms with E-state index in [1.807, 2.05) is 54.6 Å². The van der Waals surface area contributed by atoms with Crippen LogP contribution in [0.4, 0.5) is 11.4 Å². The van der Waals surface area contributed by atoms with E-state index in [4.69, 9.17) is 4.74 Å². The third-order valence-electron chi connectivity index (χ3n) is 4.07. The Morgan fingerprint density at radius 2 is 1.68 bits per heavy atom. The maximum atomic E-state index is 12.3. The molecule has 1 saturated carbocycles. The topological polar surface area (TPSA) is 67.4 Å². The summed E-state index contributed by atoms with van der Waals surface area (Å²) < 4.78 is 5.18. The average molecular weight is 338 g/mol. The van der Waals surface area contributed by atoms with Crippen LogP contribution in [0.2, 0.25) is 0 Å². The lowest BCUT2D eigenvalue weighted by Crippen LogP contribution is -2.23. The first-order valence-electron chi connectivity index (χ1n) is 8.56. The van der Waals surface area contributed by atoms with Crippen LogP contribution in [-0.4, -0.2) is 18.5 Å². The van der Waals surface area contributed by atoms with Crippen molar-refractivity contribution in [3.63, 3.8) is 0 Å². The second kappa shape index (κ2) is 7.83. The molecule has 130 valence electrons. The van der Waals surface area contributed by atoms with Gasteiger partial charge in [-0.15, -0.1) is 0 Å². The van der Waals surface area contributed by atoms with Gasteiger partial charge in [-0.3, -0.25) is 4.79 Å². The highest BCUT2D eigenvalue weighted by Crippen LogP contribution is 2.30. The predicted octanol–water partition coefficient (Wildman–Crippen LogP) is 3.75. The molecule has 1 aliphatic rings. The Morgan fingerprint density at radius 1 is 1.04 bits per heavy atom. The standard InChI is InChI=1S/C20H22N2O3/c1-2-25-20(24)18(14-6-4-3-5-7-14)21-16-10-12-17(13-11-16)22-19(23)15-8-9-15/h3-7,10-13,15,18,21H,2,8-9H2,1H3,(H,22,23)/t18-/m1/s1. The van der Waals surface area contributed by atoms with Gasteiger partial charge in [-0.2, -0.15) is 0 Å². The van der Waals surface area contributed by atoms with Crippen LogP contribution in [0.3, 0.4) is 0 Å².